The second-order valence-electron chi connectivity index (χ2n) is 5.94. The minimum absolute atomic E-state index is 0.137. The standard InChI is InChI=1S/C20H22N2O5/c1-3-26-17-11-10-14(13-18(17)25-2)21-19(23)9-6-12-22-15-7-4-5-8-16(15)27-20(22)24/h4-5,7-8,10-11,13H,3,6,9,12H2,1-2H3,(H,21,23). The van der Waals surface area contributed by atoms with E-state index in [4.69, 9.17) is 13.9 Å². The zero-order chi connectivity index (χ0) is 19.2. The Morgan fingerprint density at radius 3 is 2.78 bits per heavy atom. The molecule has 1 amide bonds. The van der Waals surface area contributed by atoms with Crippen molar-refractivity contribution < 1.29 is 18.7 Å². The van der Waals surface area contributed by atoms with Gasteiger partial charge in [0.05, 0.1) is 19.2 Å². The third kappa shape index (κ3) is 4.31. The fourth-order valence-corrected chi connectivity index (χ4v) is 2.87. The lowest BCUT2D eigenvalue weighted by atomic mass is 10.2. The van der Waals surface area contributed by atoms with Crippen molar-refractivity contribution in [3.8, 4) is 11.5 Å². The number of hydrogen-bond donors (Lipinski definition) is 1. The highest BCUT2D eigenvalue weighted by Gasteiger charge is 2.10. The van der Waals surface area contributed by atoms with Gasteiger partial charge in [-0.25, -0.2) is 4.79 Å². The molecule has 0 saturated carbocycles. The van der Waals surface area contributed by atoms with Crippen LogP contribution >= 0.6 is 0 Å². The first-order valence-electron chi connectivity index (χ1n) is 8.81. The van der Waals surface area contributed by atoms with E-state index in [1.54, 1.807) is 35.9 Å². The molecule has 1 N–H and O–H groups in total. The van der Waals surface area contributed by atoms with Gasteiger partial charge < -0.3 is 19.2 Å². The topological polar surface area (TPSA) is 82.7 Å². The molecule has 0 fully saturated rings. The van der Waals surface area contributed by atoms with Crippen LogP contribution in [0, 0.1) is 0 Å². The first-order chi connectivity index (χ1) is 13.1. The maximum atomic E-state index is 12.2. The molecular formula is C20H22N2O5. The van der Waals surface area contributed by atoms with E-state index >= 15 is 0 Å². The zero-order valence-corrected chi connectivity index (χ0v) is 15.4. The number of para-hydroxylation sites is 2. The van der Waals surface area contributed by atoms with E-state index in [0.717, 1.165) is 5.52 Å². The van der Waals surface area contributed by atoms with Crippen LogP contribution in [0.3, 0.4) is 0 Å². The van der Waals surface area contributed by atoms with Crippen LogP contribution in [0.25, 0.3) is 11.1 Å². The average Bonchev–Trinajstić information content (AvgIpc) is 2.98. The molecule has 0 unspecified atom stereocenters. The van der Waals surface area contributed by atoms with Gasteiger partial charge in [0, 0.05) is 24.7 Å². The molecule has 27 heavy (non-hydrogen) atoms. The zero-order valence-electron chi connectivity index (χ0n) is 15.4. The summed E-state index contributed by atoms with van der Waals surface area (Å²) < 4.78 is 17.5. The minimum Gasteiger partial charge on any atom is -0.493 e. The average molecular weight is 370 g/mol. The molecule has 7 heteroatoms. The third-order valence-corrected chi connectivity index (χ3v) is 4.11. The van der Waals surface area contributed by atoms with Crippen LogP contribution < -0.4 is 20.5 Å². The van der Waals surface area contributed by atoms with Crippen molar-refractivity contribution in [3.63, 3.8) is 0 Å². The number of aryl methyl sites for hydroxylation is 1. The highest BCUT2D eigenvalue weighted by molar-refractivity contribution is 5.91. The number of amides is 1. The number of carbonyl (C=O) groups excluding carboxylic acids is 1. The van der Waals surface area contributed by atoms with Gasteiger partial charge in [-0.15, -0.1) is 0 Å². The summed E-state index contributed by atoms with van der Waals surface area (Å²) in [4.78, 5) is 24.1. The minimum atomic E-state index is -0.409. The van der Waals surface area contributed by atoms with Crippen molar-refractivity contribution in [3.05, 3.63) is 53.0 Å². The monoisotopic (exact) mass is 370 g/mol. The number of rotatable bonds is 8. The molecule has 1 heterocycles. The molecule has 0 aliphatic rings. The fourth-order valence-electron chi connectivity index (χ4n) is 2.87. The Balaban J connectivity index is 1.58. The third-order valence-electron chi connectivity index (χ3n) is 4.11. The summed E-state index contributed by atoms with van der Waals surface area (Å²) >= 11 is 0. The molecule has 0 atom stereocenters. The second-order valence-corrected chi connectivity index (χ2v) is 5.94. The quantitative estimate of drug-likeness (QED) is 0.657. The molecule has 142 valence electrons. The van der Waals surface area contributed by atoms with Crippen LogP contribution in [0.2, 0.25) is 0 Å². The van der Waals surface area contributed by atoms with Gasteiger partial charge in [0.25, 0.3) is 0 Å². The maximum absolute atomic E-state index is 12.2. The number of nitrogens with one attached hydrogen (secondary N) is 1. The second kappa shape index (κ2) is 8.44. The summed E-state index contributed by atoms with van der Waals surface area (Å²) in [6.07, 6.45) is 0.797. The first-order valence-corrected chi connectivity index (χ1v) is 8.81. The number of benzene rings is 2. The van der Waals surface area contributed by atoms with Crippen LogP contribution in [0.15, 0.2) is 51.7 Å². The van der Waals surface area contributed by atoms with Gasteiger partial charge in [-0.1, -0.05) is 12.1 Å². The van der Waals surface area contributed by atoms with Crippen LogP contribution in [0.5, 0.6) is 11.5 Å². The van der Waals surface area contributed by atoms with Gasteiger partial charge in [-0.3, -0.25) is 9.36 Å². The van der Waals surface area contributed by atoms with Gasteiger partial charge >= 0.3 is 5.76 Å². The van der Waals surface area contributed by atoms with Crippen LogP contribution in [-0.2, 0) is 11.3 Å². The van der Waals surface area contributed by atoms with E-state index in [1.807, 2.05) is 25.1 Å². The summed E-state index contributed by atoms with van der Waals surface area (Å²) in [5.41, 5.74) is 1.92. The molecule has 0 aliphatic heterocycles. The SMILES string of the molecule is CCOc1ccc(NC(=O)CCCn2c(=O)oc3ccccc32)cc1OC. The van der Waals surface area contributed by atoms with Gasteiger partial charge in [-0.05, 0) is 37.6 Å². The lowest BCUT2D eigenvalue weighted by Crippen LogP contribution is -2.17. The van der Waals surface area contributed by atoms with Gasteiger partial charge in [-0.2, -0.15) is 0 Å². The molecule has 0 aliphatic carbocycles. The van der Waals surface area contributed by atoms with Crippen molar-refractivity contribution in [1.29, 1.82) is 0 Å². The highest BCUT2D eigenvalue weighted by Crippen LogP contribution is 2.30. The number of oxazole rings is 1. The molecule has 3 rings (SSSR count). The fraction of sp³-hybridized carbons (Fsp3) is 0.300. The largest absolute Gasteiger partial charge is 0.493 e. The van der Waals surface area contributed by atoms with E-state index in [2.05, 4.69) is 5.32 Å². The van der Waals surface area contributed by atoms with Crippen molar-refractivity contribution in [1.82, 2.24) is 4.57 Å². The molecule has 0 saturated heterocycles. The number of hydrogen-bond acceptors (Lipinski definition) is 5. The van der Waals surface area contributed by atoms with Gasteiger partial charge in [0.15, 0.2) is 17.1 Å². The lowest BCUT2D eigenvalue weighted by molar-refractivity contribution is -0.116. The number of carbonyl (C=O) groups is 1. The van der Waals surface area contributed by atoms with E-state index in [-0.39, 0.29) is 12.3 Å². The first kappa shape index (κ1) is 18.6. The molecule has 0 radical (unpaired) electrons. The molecule has 3 aromatic rings. The Labute approximate surface area is 156 Å². The Kier molecular flexibility index (Phi) is 5.80. The van der Waals surface area contributed by atoms with Crippen LogP contribution in [-0.4, -0.2) is 24.2 Å². The van der Waals surface area contributed by atoms with Gasteiger partial charge in [0.2, 0.25) is 5.91 Å². The predicted octanol–water partition coefficient (Wildman–Crippen LogP) is 3.42. The summed E-state index contributed by atoms with van der Waals surface area (Å²) in [6.45, 7) is 2.84. The predicted molar refractivity (Wildman–Crippen MR) is 103 cm³/mol. The normalized spacial score (nSPS) is 10.7. The highest BCUT2D eigenvalue weighted by atomic mass is 16.5. The number of methoxy groups -OCH3 is 1. The number of nitrogens with zero attached hydrogens (tertiary/aromatic N) is 1. The van der Waals surface area contributed by atoms with Crippen molar-refractivity contribution >= 4 is 22.7 Å². The smallest absolute Gasteiger partial charge is 0.419 e. The van der Waals surface area contributed by atoms with E-state index in [1.165, 1.54) is 0 Å². The van der Waals surface area contributed by atoms with Crippen LogP contribution in [0.1, 0.15) is 19.8 Å². The Morgan fingerprint density at radius 1 is 1.19 bits per heavy atom. The van der Waals surface area contributed by atoms with Gasteiger partial charge in [0.1, 0.15) is 0 Å². The molecule has 0 spiro atoms. The number of anilines is 1. The number of ether oxygens (including phenoxy) is 2. The van der Waals surface area contributed by atoms with E-state index in [9.17, 15) is 9.59 Å². The maximum Gasteiger partial charge on any atom is 0.419 e. The summed E-state index contributed by atoms with van der Waals surface area (Å²) in [5.74, 6) is 0.644. The Morgan fingerprint density at radius 2 is 2.00 bits per heavy atom. The molecule has 7 nitrogen and oxygen atoms in total. The summed E-state index contributed by atoms with van der Waals surface area (Å²) in [5, 5.41) is 2.83. The Bertz CT molecular complexity index is 989. The van der Waals surface area contributed by atoms with E-state index in [0.29, 0.717) is 42.3 Å². The van der Waals surface area contributed by atoms with Crippen LogP contribution in [0.4, 0.5) is 5.69 Å². The Hall–Kier alpha value is -3.22. The summed E-state index contributed by atoms with van der Waals surface area (Å²) in [7, 11) is 1.55. The lowest BCUT2D eigenvalue weighted by Gasteiger charge is -2.11. The molecule has 1 aromatic heterocycles. The van der Waals surface area contributed by atoms with Crippen molar-refractivity contribution in [2.45, 2.75) is 26.3 Å². The van der Waals surface area contributed by atoms with E-state index < -0.39 is 5.76 Å². The van der Waals surface area contributed by atoms with Crippen molar-refractivity contribution in [2.24, 2.45) is 0 Å². The van der Waals surface area contributed by atoms with Crippen molar-refractivity contribution in [2.75, 3.05) is 19.0 Å². The summed E-state index contributed by atoms with van der Waals surface area (Å²) in [6, 6.07) is 12.5. The molecule has 2 aromatic carbocycles. The molecular weight excluding hydrogens is 348 g/mol. The molecule has 0 bridgehead atoms. The number of aromatic nitrogens is 1. The number of fused-ring (bicyclic) bond motifs is 1.